The third-order valence-electron chi connectivity index (χ3n) is 5.50. The van der Waals surface area contributed by atoms with Crippen LogP contribution in [0.2, 0.25) is 0 Å². The molecule has 2 heterocycles. The van der Waals surface area contributed by atoms with Gasteiger partial charge in [0.25, 0.3) is 11.5 Å². The summed E-state index contributed by atoms with van der Waals surface area (Å²) in [6.45, 7) is 0. The Kier molecular flexibility index (Phi) is 5.49. The summed E-state index contributed by atoms with van der Waals surface area (Å²) in [6.07, 6.45) is -1.57. The maximum absolute atomic E-state index is 12.9. The molecule has 0 saturated heterocycles. The Hall–Kier alpha value is -3.63. The number of nitrogens with one attached hydrogen (secondary N) is 1. The number of fused-ring (bicyclic) bond motifs is 2. The Morgan fingerprint density at radius 2 is 1.88 bits per heavy atom. The molecule has 0 unspecified atom stereocenters. The summed E-state index contributed by atoms with van der Waals surface area (Å²) in [5.41, 5.74) is -0.338. The van der Waals surface area contributed by atoms with Crippen LogP contribution in [0.25, 0.3) is 16.6 Å². The van der Waals surface area contributed by atoms with Crippen molar-refractivity contribution in [1.29, 1.82) is 0 Å². The molecule has 0 radical (unpaired) electrons. The van der Waals surface area contributed by atoms with Crippen molar-refractivity contribution in [3.63, 3.8) is 0 Å². The first kappa shape index (κ1) is 21.6. The van der Waals surface area contributed by atoms with Crippen LogP contribution in [0.4, 0.5) is 13.2 Å². The first-order valence-corrected chi connectivity index (χ1v) is 9.87. The number of carboxylic acids is 1. The van der Waals surface area contributed by atoms with Gasteiger partial charge >= 0.3 is 12.3 Å². The summed E-state index contributed by atoms with van der Waals surface area (Å²) in [4.78, 5) is 41.1. The maximum Gasteiger partial charge on any atom is 0.573 e. The van der Waals surface area contributed by atoms with Crippen molar-refractivity contribution in [2.24, 2.45) is 5.92 Å². The normalized spacial score (nSPS) is 19.1. The topological polar surface area (TPSA) is 110 Å². The van der Waals surface area contributed by atoms with Gasteiger partial charge in [-0.25, -0.2) is 4.98 Å². The summed E-state index contributed by atoms with van der Waals surface area (Å²) in [5.74, 6) is -2.28. The van der Waals surface area contributed by atoms with Gasteiger partial charge in [-0.05, 0) is 56.0 Å². The van der Waals surface area contributed by atoms with Crippen molar-refractivity contribution in [3.05, 3.63) is 52.4 Å². The monoisotopic (exact) mass is 449 g/mol. The van der Waals surface area contributed by atoms with E-state index in [0.717, 1.165) is 16.5 Å². The predicted octanol–water partition coefficient (Wildman–Crippen LogP) is 3.12. The van der Waals surface area contributed by atoms with Gasteiger partial charge in [-0.1, -0.05) is 0 Å². The fourth-order valence-electron chi connectivity index (χ4n) is 3.93. The molecule has 1 aliphatic carbocycles. The van der Waals surface area contributed by atoms with Crippen LogP contribution in [0.3, 0.4) is 0 Å². The van der Waals surface area contributed by atoms with Gasteiger partial charge in [0.1, 0.15) is 5.75 Å². The molecule has 1 aliphatic rings. The zero-order valence-corrected chi connectivity index (χ0v) is 16.6. The molecule has 1 saturated carbocycles. The Labute approximate surface area is 178 Å². The minimum Gasteiger partial charge on any atom is -0.481 e. The third-order valence-corrected chi connectivity index (χ3v) is 5.50. The number of carbonyl (C=O) groups excluding carboxylic acids is 1. The lowest BCUT2D eigenvalue weighted by atomic mass is 9.86. The predicted molar refractivity (Wildman–Crippen MR) is 106 cm³/mol. The van der Waals surface area contributed by atoms with Crippen molar-refractivity contribution < 1.29 is 32.6 Å². The van der Waals surface area contributed by atoms with Gasteiger partial charge in [-0.15, -0.1) is 13.2 Å². The second kappa shape index (κ2) is 8.13. The largest absolute Gasteiger partial charge is 0.573 e. The van der Waals surface area contributed by atoms with Gasteiger partial charge in [0.05, 0.1) is 22.4 Å². The molecule has 11 heteroatoms. The van der Waals surface area contributed by atoms with Crippen molar-refractivity contribution in [3.8, 4) is 5.75 Å². The van der Waals surface area contributed by atoms with Gasteiger partial charge < -0.3 is 15.2 Å². The molecular weight excluding hydrogens is 431 g/mol. The van der Waals surface area contributed by atoms with Crippen molar-refractivity contribution in [2.75, 3.05) is 0 Å². The molecule has 2 aromatic heterocycles. The number of ether oxygens (including phenoxy) is 1. The van der Waals surface area contributed by atoms with Crippen molar-refractivity contribution in [2.45, 2.75) is 38.1 Å². The lowest BCUT2D eigenvalue weighted by Gasteiger charge is -2.26. The van der Waals surface area contributed by atoms with Crippen LogP contribution < -0.4 is 15.6 Å². The van der Waals surface area contributed by atoms with E-state index in [0.29, 0.717) is 25.7 Å². The van der Waals surface area contributed by atoms with Gasteiger partial charge in [0.2, 0.25) is 0 Å². The lowest BCUT2D eigenvalue weighted by molar-refractivity contribution is -0.274. The zero-order valence-electron chi connectivity index (χ0n) is 16.6. The average molecular weight is 449 g/mol. The number of hydrogen-bond donors (Lipinski definition) is 2. The fraction of sp³-hybridized carbons (Fsp3) is 0.333. The maximum atomic E-state index is 12.9. The van der Waals surface area contributed by atoms with E-state index in [9.17, 15) is 27.6 Å². The minimum atomic E-state index is -4.90. The van der Waals surface area contributed by atoms with E-state index < -0.39 is 35.5 Å². The Balaban J connectivity index is 1.65. The highest BCUT2D eigenvalue weighted by atomic mass is 19.4. The van der Waals surface area contributed by atoms with Crippen molar-refractivity contribution in [1.82, 2.24) is 14.7 Å². The number of nitrogens with zero attached hydrogens (tertiary/aromatic N) is 2. The molecule has 4 rings (SSSR count). The minimum absolute atomic E-state index is 0.0613. The first-order chi connectivity index (χ1) is 15.1. The van der Waals surface area contributed by atoms with Crippen LogP contribution in [0.15, 0.2) is 41.3 Å². The van der Waals surface area contributed by atoms with Crippen LogP contribution in [-0.4, -0.2) is 38.8 Å². The van der Waals surface area contributed by atoms with Crippen molar-refractivity contribution >= 4 is 28.4 Å². The SMILES string of the molecule is O=C(N[C@H]1CC[C@@H](C(=O)O)CC1)c1cccn2c(=O)c3cc(OC(F)(F)F)ccc3nc12. The molecule has 0 aliphatic heterocycles. The van der Waals surface area contributed by atoms with Crippen LogP contribution in [0, 0.1) is 5.92 Å². The molecule has 2 N–H and O–H groups in total. The highest BCUT2D eigenvalue weighted by molar-refractivity contribution is 6.00. The number of carboxylic acid groups (broad SMARTS) is 1. The van der Waals surface area contributed by atoms with Gasteiger partial charge in [-0.2, -0.15) is 0 Å². The zero-order chi connectivity index (χ0) is 23.0. The number of alkyl halides is 3. The molecule has 8 nitrogen and oxygen atoms in total. The molecule has 0 bridgehead atoms. The lowest BCUT2D eigenvalue weighted by Crippen LogP contribution is -2.39. The molecule has 168 valence electrons. The number of carbonyl (C=O) groups is 2. The smallest absolute Gasteiger partial charge is 0.481 e. The van der Waals surface area contributed by atoms with Crippen LogP contribution in [0.1, 0.15) is 36.0 Å². The second-order valence-electron chi connectivity index (χ2n) is 7.62. The van der Waals surface area contributed by atoms with E-state index in [-0.39, 0.29) is 28.2 Å². The van der Waals surface area contributed by atoms with E-state index in [4.69, 9.17) is 5.11 Å². The summed E-state index contributed by atoms with van der Waals surface area (Å²) < 4.78 is 42.4. The van der Waals surface area contributed by atoms with E-state index in [1.54, 1.807) is 0 Å². The third kappa shape index (κ3) is 4.36. The number of pyridine rings is 1. The van der Waals surface area contributed by atoms with E-state index in [1.807, 2.05) is 0 Å². The quantitative estimate of drug-likeness (QED) is 0.593. The average Bonchev–Trinajstić information content (AvgIpc) is 2.73. The Morgan fingerprint density at radius 1 is 1.16 bits per heavy atom. The summed E-state index contributed by atoms with van der Waals surface area (Å²) in [5, 5.41) is 11.9. The number of amides is 1. The van der Waals surface area contributed by atoms with Crippen LogP contribution in [0.5, 0.6) is 5.75 Å². The molecule has 32 heavy (non-hydrogen) atoms. The fourth-order valence-corrected chi connectivity index (χ4v) is 3.93. The number of halogens is 3. The first-order valence-electron chi connectivity index (χ1n) is 9.87. The van der Waals surface area contributed by atoms with E-state index in [1.165, 1.54) is 24.4 Å². The number of aliphatic carboxylic acids is 1. The standard InChI is InChI=1S/C21H18F3N3O5/c22-21(23,24)32-13-7-8-16-15(10-13)19(29)27-9-1-2-14(17(27)26-16)18(28)25-12-5-3-11(4-6-12)20(30)31/h1-2,7-12H,3-6H2,(H,25,28)(H,30,31)/t11-,12+. The number of rotatable bonds is 4. The molecule has 1 amide bonds. The molecule has 3 aromatic rings. The molecule has 0 spiro atoms. The molecule has 1 aromatic carbocycles. The summed E-state index contributed by atoms with van der Waals surface area (Å²) in [6, 6.07) is 5.98. The number of benzene rings is 1. The second-order valence-corrected chi connectivity index (χ2v) is 7.62. The Bertz CT molecular complexity index is 1260. The van der Waals surface area contributed by atoms with E-state index in [2.05, 4.69) is 15.0 Å². The van der Waals surface area contributed by atoms with Gasteiger partial charge in [0.15, 0.2) is 5.65 Å². The molecule has 0 atom stereocenters. The van der Waals surface area contributed by atoms with Gasteiger partial charge in [0, 0.05) is 12.2 Å². The number of hydrogen-bond acceptors (Lipinski definition) is 5. The molecule has 1 fully saturated rings. The summed E-state index contributed by atoms with van der Waals surface area (Å²) in [7, 11) is 0. The Morgan fingerprint density at radius 3 is 2.53 bits per heavy atom. The number of aromatic nitrogens is 2. The highest BCUT2D eigenvalue weighted by Gasteiger charge is 2.31. The summed E-state index contributed by atoms with van der Waals surface area (Å²) >= 11 is 0. The molecular formula is C21H18F3N3O5. The van der Waals surface area contributed by atoms with Crippen LogP contribution >= 0.6 is 0 Å². The van der Waals surface area contributed by atoms with E-state index >= 15 is 0 Å². The highest BCUT2D eigenvalue weighted by Crippen LogP contribution is 2.26. The van der Waals surface area contributed by atoms with Gasteiger partial charge in [-0.3, -0.25) is 18.8 Å². The van der Waals surface area contributed by atoms with Crippen LogP contribution in [-0.2, 0) is 4.79 Å².